The molecular weight excluding hydrogens is 242 g/mol. The van der Waals surface area contributed by atoms with Crippen molar-refractivity contribution in [2.75, 3.05) is 6.54 Å². The van der Waals surface area contributed by atoms with Crippen molar-refractivity contribution in [3.8, 4) is 0 Å². The van der Waals surface area contributed by atoms with E-state index >= 15 is 0 Å². The third kappa shape index (κ3) is 1.87. The number of hydrogen-bond donors (Lipinski definition) is 2. The third-order valence-electron chi connectivity index (χ3n) is 3.52. The van der Waals surface area contributed by atoms with Crippen molar-refractivity contribution in [1.82, 2.24) is 15.2 Å². The van der Waals surface area contributed by atoms with Crippen LogP contribution in [0.1, 0.15) is 12.5 Å². The lowest BCUT2D eigenvalue weighted by Gasteiger charge is -2.09. The number of aromatic amines is 1. The molecule has 19 heavy (non-hydrogen) atoms. The summed E-state index contributed by atoms with van der Waals surface area (Å²) in [5, 5.41) is 3.83. The fourth-order valence-corrected chi connectivity index (χ4v) is 2.54. The van der Waals surface area contributed by atoms with Gasteiger partial charge in [-0.2, -0.15) is 0 Å². The molecule has 0 bridgehead atoms. The molecule has 2 heterocycles. The first-order valence-corrected chi connectivity index (χ1v) is 6.37. The monoisotopic (exact) mass is 257 g/mol. The zero-order valence-electron chi connectivity index (χ0n) is 10.6. The van der Waals surface area contributed by atoms with E-state index < -0.39 is 6.04 Å². The van der Waals surface area contributed by atoms with Gasteiger partial charge in [0.1, 0.15) is 6.04 Å². The molecule has 0 unspecified atom stereocenters. The summed E-state index contributed by atoms with van der Waals surface area (Å²) in [6.45, 7) is 2.21. The summed E-state index contributed by atoms with van der Waals surface area (Å²) in [5.41, 5.74) is 2.09. The topological polar surface area (TPSA) is 65.2 Å². The Morgan fingerprint density at radius 3 is 2.79 bits per heavy atom. The van der Waals surface area contributed by atoms with E-state index in [1.807, 2.05) is 30.5 Å². The van der Waals surface area contributed by atoms with E-state index in [1.54, 1.807) is 6.92 Å². The third-order valence-corrected chi connectivity index (χ3v) is 3.52. The second-order valence-corrected chi connectivity index (χ2v) is 4.65. The van der Waals surface area contributed by atoms with Gasteiger partial charge in [-0.1, -0.05) is 18.2 Å². The number of urea groups is 1. The quantitative estimate of drug-likeness (QED) is 0.821. The summed E-state index contributed by atoms with van der Waals surface area (Å²) in [6.07, 6.45) is 2.42. The molecular formula is C14H15N3O2. The number of nitrogens with one attached hydrogen (secondary N) is 2. The second-order valence-electron chi connectivity index (χ2n) is 4.65. The number of amides is 3. The van der Waals surface area contributed by atoms with Gasteiger partial charge in [0, 0.05) is 30.1 Å². The number of aromatic nitrogens is 1. The number of para-hydroxylation sites is 1. The van der Waals surface area contributed by atoms with Crippen LogP contribution >= 0.6 is 0 Å². The molecule has 1 fully saturated rings. The normalized spacial score (nSPS) is 19.2. The highest BCUT2D eigenvalue weighted by Crippen LogP contribution is 2.20. The molecule has 3 amide bonds. The summed E-state index contributed by atoms with van der Waals surface area (Å²) in [5.74, 6) is -0.141. The molecule has 1 aromatic carbocycles. The number of rotatable bonds is 3. The summed E-state index contributed by atoms with van der Waals surface area (Å²) in [4.78, 5) is 28.1. The van der Waals surface area contributed by atoms with Crippen molar-refractivity contribution in [3.05, 3.63) is 36.0 Å². The molecule has 2 aromatic rings. The van der Waals surface area contributed by atoms with Crippen molar-refractivity contribution < 1.29 is 9.59 Å². The molecule has 98 valence electrons. The first-order valence-electron chi connectivity index (χ1n) is 6.37. The zero-order chi connectivity index (χ0) is 13.4. The van der Waals surface area contributed by atoms with E-state index in [9.17, 15) is 9.59 Å². The Bertz CT molecular complexity index is 647. The molecule has 1 aromatic heterocycles. The summed E-state index contributed by atoms with van der Waals surface area (Å²) in [7, 11) is 0. The van der Waals surface area contributed by atoms with Gasteiger partial charge in [0.05, 0.1) is 0 Å². The number of benzene rings is 1. The van der Waals surface area contributed by atoms with Crippen LogP contribution in [-0.2, 0) is 11.2 Å². The molecule has 3 rings (SSSR count). The smallest absolute Gasteiger partial charge is 0.324 e. The number of nitrogens with zero attached hydrogens (tertiary/aromatic N) is 1. The van der Waals surface area contributed by atoms with Crippen LogP contribution in [0.5, 0.6) is 0 Å². The predicted octanol–water partition coefficient (Wildman–Crippen LogP) is 1.65. The van der Waals surface area contributed by atoms with Crippen molar-refractivity contribution in [3.63, 3.8) is 0 Å². The Morgan fingerprint density at radius 2 is 2.05 bits per heavy atom. The van der Waals surface area contributed by atoms with Gasteiger partial charge in [-0.25, -0.2) is 4.79 Å². The standard InChI is InChI=1S/C14H15N3O2/c1-2-17-13(18)12(16-14(17)19)7-9-8-15-11-6-4-3-5-10(9)11/h3-6,8,12,15H,2,7H2,1H3,(H,16,19)/t12-/m1/s1. The van der Waals surface area contributed by atoms with Crippen LogP contribution in [0.15, 0.2) is 30.5 Å². The zero-order valence-corrected chi connectivity index (χ0v) is 10.6. The van der Waals surface area contributed by atoms with Crippen LogP contribution in [0.2, 0.25) is 0 Å². The number of imide groups is 1. The minimum atomic E-state index is -0.452. The van der Waals surface area contributed by atoms with Crippen LogP contribution in [0, 0.1) is 0 Å². The Labute approximate surface area is 110 Å². The maximum atomic E-state index is 12.0. The molecule has 1 saturated heterocycles. The SMILES string of the molecule is CCN1C(=O)N[C@H](Cc2c[nH]c3ccccc23)C1=O. The fourth-order valence-electron chi connectivity index (χ4n) is 2.54. The molecule has 0 spiro atoms. The van der Waals surface area contributed by atoms with Crippen LogP contribution in [-0.4, -0.2) is 34.4 Å². The van der Waals surface area contributed by atoms with Gasteiger partial charge < -0.3 is 10.3 Å². The van der Waals surface area contributed by atoms with E-state index in [1.165, 1.54) is 4.90 Å². The maximum absolute atomic E-state index is 12.0. The van der Waals surface area contributed by atoms with E-state index in [2.05, 4.69) is 10.3 Å². The van der Waals surface area contributed by atoms with Gasteiger partial charge in [0.15, 0.2) is 0 Å². The Morgan fingerprint density at radius 1 is 1.26 bits per heavy atom. The molecule has 0 aliphatic carbocycles. The van der Waals surface area contributed by atoms with Crippen molar-refractivity contribution in [2.24, 2.45) is 0 Å². The molecule has 1 aliphatic rings. The van der Waals surface area contributed by atoms with E-state index in [0.717, 1.165) is 16.5 Å². The molecule has 2 N–H and O–H groups in total. The average Bonchev–Trinajstić information content (AvgIpc) is 2.93. The van der Waals surface area contributed by atoms with Gasteiger partial charge >= 0.3 is 6.03 Å². The molecule has 5 heteroatoms. The number of carbonyl (C=O) groups excluding carboxylic acids is 2. The minimum absolute atomic E-state index is 0.141. The molecule has 1 aliphatic heterocycles. The summed E-state index contributed by atoms with van der Waals surface area (Å²) < 4.78 is 0. The summed E-state index contributed by atoms with van der Waals surface area (Å²) in [6, 6.07) is 7.19. The van der Waals surface area contributed by atoms with Crippen LogP contribution in [0.25, 0.3) is 10.9 Å². The van der Waals surface area contributed by atoms with Crippen LogP contribution in [0.4, 0.5) is 4.79 Å². The minimum Gasteiger partial charge on any atom is -0.361 e. The average molecular weight is 257 g/mol. The van der Waals surface area contributed by atoms with E-state index in [0.29, 0.717) is 13.0 Å². The van der Waals surface area contributed by atoms with Crippen LogP contribution < -0.4 is 5.32 Å². The highest BCUT2D eigenvalue weighted by Gasteiger charge is 2.36. The summed E-state index contributed by atoms with van der Waals surface area (Å²) >= 11 is 0. The molecule has 0 radical (unpaired) electrons. The lowest BCUT2D eigenvalue weighted by molar-refractivity contribution is -0.127. The van der Waals surface area contributed by atoms with Crippen molar-refractivity contribution >= 4 is 22.8 Å². The Hall–Kier alpha value is -2.30. The Kier molecular flexibility index (Phi) is 2.74. The molecule has 5 nitrogen and oxygen atoms in total. The van der Waals surface area contributed by atoms with Gasteiger partial charge in [0.2, 0.25) is 0 Å². The largest absolute Gasteiger partial charge is 0.361 e. The van der Waals surface area contributed by atoms with Gasteiger partial charge in [0.25, 0.3) is 5.91 Å². The van der Waals surface area contributed by atoms with Crippen LogP contribution in [0.3, 0.4) is 0 Å². The lowest BCUT2D eigenvalue weighted by atomic mass is 10.1. The van der Waals surface area contributed by atoms with E-state index in [4.69, 9.17) is 0 Å². The Balaban J connectivity index is 1.86. The lowest BCUT2D eigenvalue weighted by Crippen LogP contribution is -2.32. The second kappa shape index (κ2) is 4.42. The first-order chi connectivity index (χ1) is 9.20. The predicted molar refractivity (Wildman–Crippen MR) is 71.7 cm³/mol. The number of carbonyl (C=O) groups is 2. The number of likely N-dealkylation sites (N-methyl/N-ethyl adjacent to an activating group) is 1. The van der Waals surface area contributed by atoms with Crippen molar-refractivity contribution in [2.45, 2.75) is 19.4 Å². The fraction of sp³-hybridized carbons (Fsp3) is 0.286. The first kappa shape index (κ1) is 11.8. The van der Waals surface area contributed by atoms with E-state index in [-0.39, 0.29) is 11.9 Å². The highest BCUT2D eigenvalue weighted by atomic mass is 16.2. The highest BCUT2D eigenvalue weighted by molar-refractivity contribution is 6.04. The molecule has 0 saturated carbocycles. The maximum Gasteiger partial charge on any atom is 0.324 e. The van der Waals surface area contributed by atoms with Gasteiger partial charge in [-0.05, 0) is 18.6 Å². The van der Waals surface area contributed by atoms with Gasteiger partial charge in [-0.15, -0.1) is 0 Å². The van der Waals surface area contributed by atoms with Crippen molar-refractivity contribution in [1.29, 1.82) is 0 Å². The number of fused-ring (bicyclic) bond motifs is 1. The number of hydrogen-bond acceptors (Lipinski definition) is 2. The molecule has 1 atom stereocenters. The van der Waals surface area contributed by atoms with Gasteiger partial charge in [-0.3, -0.25) is 9.69 Å². The number of H-pyrrole nitrogens is 1.